The molecule has 0 radical (unpaired) electrons. The minimum atomic E-state index is 0.741. The van der Waals surface area contributed by atoms with Gasteiger partial charge < -0.3 is 4.90 Å². The van der Waals surface area contributed by atoms with E-state index >= 15 is 0 Å². The van der Waals surface area contributed by atoms with Crippen LogP contribution < -0.4 is 4.90 Å². The molecule has 0 aliphatic carbocycles. The minimum Gasteiger partial charge on any atom is -0.317 e. The van der Waals surface area contributed by atoms with Crippen molar-refractivity contribution in [1.29, 1.82) is 0 Å². The summed E-state index contributed by atoms with van der Waals surface area (Å²) in [6.45, 7) is 4.42. The molecule has 2 aromatic carbocycles. The highest BCUT2D eigenvalue weighted by Gasteiger charge is 2.15. The molecule has 2 aromatic rings. The van der Waals surface area contributed by atoms with Crippen molar-refractivity contribution in [3.8, 4) is 0 Å². The van der Waals surface area contributed by atoms with Crippen LogP contribution in [0.2, 0.25) is 0 Å². The Morgan fingerprint density at radius 1 is 1.17 bits per heavy atom. The Morgan fingerprint density at radius 2 is 2.04 bits per heavy atom. The molecule has 0 unspecified atom stereocenters. The summed E-state index contributed by atoms with van der Waals surface area (Å²) in [7, 11) is 0. The van der Waals surface area contributed by atoms with Gasteiger partial charge in [0.15, 0.2) is 0 Å². The van der Waals surface area contributed by atoms with Crippen molar-refractivity contribution in [2.45, 2.75) is 39.5 Å². The van der Waals surface area contributed by atoms with Gasteiger partial charge in [-0.2, -0.15) is 0 Å². The molecule has 1 aliphatic rings. The Morgan fingerprint density at radius 3 is 2.78 bits per heavy atom. The van der Waals surface area contributed by atoms with Crippen LogP contribution in [0, 0.1) is 6.92 Å². The maximum Gasteiger partial charge on any atom is 0.150 e. The van der Waals surface area contributed by atoms with Gasteiger partial charge in [-0.1, -0.05) is 25.5 Å². The van der Waals surface area contributed by atoms with Gasteiger partial charge in [0.1, 0.15) is 6.29 Å². The summed E-state index contributed by atoms with van der Waals surface area (Å²) in [6, 6.07) is 12.6. The molecule has 1 aliphatic heterocycles. The molecular formula is C21H23NO. The lowest BCUT2D eigenvalue weighted by Gasteiger charge is -2.27. The molecule has 2 nitrogen and oxygen atoms in total. The second-order valence-electron chi connectivity index (χ2n) is 6.18. The number of anilines is 2. The maximum atomic E-state index is 11.0. The van der Waals surface area contributed by atoms with Crippen molar-refractivity contribution in [3.05, 3.63) is 70.9 Å². The van der Waals surface area contributed by atoms with E-state index in [-0.39, 0.29) is 0 Å². The SMILES string of the molecule is CCCCc1ccc(N2C=CCc3cc(C=O)ccc32)cc1C. The smallest absolute Gasteiger partial charge is 0.150 e. The van der Waals surface area contributed by atoms with Crippen molar-refractivity contribution < 1.29 is 4.79 Å². The van der Waals surface area contributed by atoms with Gasteiger partial charge in [0, 0.05) is 23.1 Å². The molecule has 118 valence electrons. The number of hydrogen-bond acceptors (Lipinski definition) is 2. The normalized spacial score (nSPS) is 13.0. The predicted molar refractivity (Wildman–Crippen MR) is 96.6 cm³/mol. The van der Waals surface area contributed by atoms with Crippen LogP contribution in [0.25, 0.3) is 0 Å². The molecule has 0 saturated heterocycles. The van der Waals surface area contributed by atoms with E-state index in [2.05, 4.69) is 49.2 Å². The molecule has 1 heterocycles. The van der Waals surface area contributed by atoms with E-state index in [1.807, 2.05) is 18.2 Å². The van der Waals surface area contributed by atoms with Gasteiger partial charge >= 0.3 is 0 Å². The first kappa shape index (κ1) is 15.5. The third-order valence-corrected chi connectivity index (χ3v) is 4.50. The van der Waals surface area contributed by atoms with E-state index in [4.69, 9.17) is 0 Å². The van der Waals surface area contributed by atoms with Crippen LogP contribution >= 0.6 is 0 Å². The van der Waals surface area contributed by atoms with Crippen LogP contribution in [-0.2, 0) is 12.8 Å². The van der Waals surface area contributed by atoms with Crippen LogP contribution in [0.1, 0.15) is 46.8 Å². The molecule has 3 rings (SSSR count). The summed E-state index contributed by atoms with van der Waals surface area (Å²) in [4.78, 5) is 13.2. The molecule has 23 heavy (non-hydrogen) atoms. The first-order chi connectivity index (χ1) is 11.2. The number of aryl methyl sites for hydroxylation is 2. The number of fused-ring (bicyclic) bond motifs is 1. The molecule has 0 N–H and O–H groups in total. The Labute approximate surface area is 138 Å². The number of carbonyl (C=O) groups is 1. The van der Waals surface area contributed by atoms with E-state index in [0.29, 0.717) is 0 Å². The van der Waals surface area contributed by atoms with E-state index in [1.165, 1.54) is 40.9 Å². The summed E-state index contributed by atoms with van der Waals surface area (Å²) in [5, 5.41) is 0. The fraction of sp³-hybridized carbons (Fsp3) is 0.286. The highest BCUT2D eigenvalue weighted by atomic mass is 16.1. The van der Waals surface area contributed by atoms with E-state index in [1.54, 1.807) is 0 Å². The van der Waals surface area contributed by atoms with Crippen molar-refractivity contribution in [2.24, 2.45) is 0 Å². The Balaban J connectivity index is 1.93. The number of rotatable bonds is 5. The van der Waals surface area contributed by atoms with Crippen LogP contribution in [0.15, 0.2) is 48.7 Å². The summed E-state index contributed by atoms with van der Waals surface area (Å²) in [5.41, 5.74) is 7.07. The number of benzene rings is 2. The van der Waals surface area contributed by atoms with Gasteiger partial charge in [-0.25, -0.2) is 0 Å². The van der Waals surface area contributed by atoms with E-state index in [9.17, 15) is 4.79 Å². The minimum absolute atomic E-state index is 0.741. The number of hydrogen-bond donors (Lipinski definition) is 0. The largest absolute Gasteiger partial charge is 0.317 e. The number of unbranched alkanes of at least 4 members (excludes halogenated alkanes) is 1. The van der Waals surface area contributed by atoms with Crippen molar-refractivity contribution in [2.75, 3.05) is 4.90 Å². The number of aldehydes is 1. The summed E-state index contributed by atoms with van der Waals surface area (Å²) in [5.74, 6) is 0. The summed E-state index contributed by atoms with van der Waals surface area (Å²) in [6.07, 6.45) is 9.68. The molecule has 0 fully saturated rings. The molecule has 2 heteroatoms. The zero-order valence-corrected chi connectivity index (χ0v) is 13.9. The van der Waals surface area contributed by atoms with Crippen LogP contribution in [0.5, 0.6) is 0 Å². The Bertz CT molecular complexity index is 746. The lowest BCUT2D eigenvalue weighted by Crippen LogP contribution is -2.14. The average molecular weight is 305 g/mol. The molecule has 0 aromatic heterocycles. The van der Waals surface area contributed by atoms with Crippen LogP contribution in [0.4, 0.5) is 11.4 Å². The molecule has 0 atom stereocenters. The van der Waals surface area contributed by atoms with Gasteiger partial charge in [-0.3, -0.25) is 4.79 Å². The zero-order valence-electron chi connectivity index (χ0n) is 13.9. The van der Waals surface area contributed by atoms with Gasteiger partial charge in [0.2, 0.25) is 0 Å². The van der Waals surface area contributed by atoms with Gasteiger partial charge in [-0.05, 0) is 73.2 Å². The van der Waals surface area contributed by atoms with Crippen molar-refractivity contribution in [1.82, 2.24) is 0 Å². The van der Waals surface area contributed by atoms with E-state index < -0.39 is 0 Å². The third-order valence-electron chi connectivity index (χ3n) is 4.50. The van der Waals surface area contributed by atoms with Gasteiger partial charge in [0.05, 0.1) is 0 Å². The number of nitrogens with zero attached hydrogens (tertiary/aromatic N) is 1. The average Bonchev–Trinajstić information content (AvgIpc) is 2.59. The topological polar surface area (TPSA) is 20.3 Å². The van der Waals surface area contributed by atoms with Crippen molar-refractivity contribution in [3.63, 3.8) is 0 Å². The number of carbonyl (C=O) groups excluding carboxylic acids is 1. The van der Waals surface area contributed by atoms with Crippen LogP contribution in [0.3, 0.4) is 0 Å². The molecule has 0 saturated carbocycles. The Hall–Kier alpha value is -2.35. The lowest BCUT2D eigenvalue weighted by atomic mass is 9.99. The quantitative estimate of drug-likeness (QED) is 0.693. The first-order valence-electron chi connectivity index (χ1n) is 8.36. The van der Waals surface area contributed by atoms with Crippen LogP contribution in [-0.4, -0.2) is 6.29 Å². The monoisotopic (exact) mass is 305 g/mol. The first-order valence-corrected chi connectivity index (χ1v) is 8.36. The number of allylic oxidation sites excluding steroid dienone is 1. The zero-order chi connectivity index (χ0) is 16.2. The summed E-state index contributed by atoms with van der Waals surface area (Å²) < 4.78 is 0. The molecule has 0 amide bonds. The van der Waals surface area contributed by atoms with Crippen molar-refractivity contribution >= 4 is 17.7 Å². The second kappa shape index (κ2) is 6.82. The predicted octanol–water partition coefficient (Wildman–Crippen LogP) is 5.36. The fourth-order valence-electron chi connectivity index (χ4n) is 3.15. The Kier molecular flexibility index (Phi) is 4.61. The maximum absolute atomic E-state index is 11.0. The van der Waals surface area contributed by atoms with Gasteiger partial charge in [-0.15, -0.1) is 0 Å². The third kappa shape index (κ3) is 3.21. The standard InChI is InChI=1S/C21H23NO/c1-3-4-6-18-9-10-20(13-16(18)2)22-12-5-7-19-14-17(15-23)8-11-21(19)22/h5,8-15H,3-4,6-7H2,1-2H3. The lowest BCUT2D eigenvalue weighted by molar-refractivity contribution is 0.112. The van der Waals surface area contributed by atoms with Gasteiger partial charge in [0.25, 0.3) is 0 Å². The summed E-state index contributed by atoms with van der Waals surface area (Å²) >= 11 is 0. The molecular weight excluding hydrogens is 282 g/mol. The highest BCUT2D eigenvalue weighted by molar-refractivity contribution is 5.79. The second-order valence-corrected chi connectivity index (χ2v) is 6.18. The van der Waals surface area contributed by atoms with E-state index in [0.717, 1.165) is 24.7 Å². The molecule has 0 spiro atoms. The molecule has 0 bridgehead atoms. The fourth-order valence-corrected chi connectivity index (χ4v) is 3.15. The highest BCUT2D eigenvalue weighted by Crippen LogP contribution is 2.34.